The summed E-state index contributed by atoms with van der Waals surface area (Å²) >= 11 is 11.3. The van der Waals surface area contributed by atoms with Crippen LogP contribution in [0, 0.1) is 0 Å². The summed E-state index contributed by atoms with van der Waals surface area (Å²) in [5.41, 5.74) is 1.81. The molecule has 80 valence electrons. The summed E-state index contributed by atoms with van der Waals surface area (Å²) in [6.07, 6.45) is 1.26. The van der Waals surface area contributed by atoms with Crippen LogP contribution in [0.2, 0.25) is 10.0 Å². The summed E-state index contributed by atoms with van der Waals surface area (Å²) in [5, 5.41) is 0.385. The van der Waals surface area contributed by atoms with Crippen LogP contribution in [0.4, 0.5) is 0 Å². The van der Waals surface area contributed by atoms with Crippen LogP contribution >= 0.6 is 23.2 Å². The number of hydroxylamine groups is 1. The molecule has 7 heteroatoms. The monoisotopic (exact) mass is 248 g/mol. The molecule has 0 aliphatic carbocycles. The van der Waals surface area contributed by atoms with Gasteiger partial charge in [-0.05, 0) is 6.07 Å². The van der Waals surface area contributed by atoms with Gasteiger partial charge >= 0.3 is 11.9 Å². The van der Waals surface area contributed by atoms with Gasteiger partial charge < -0.3 is 4.84 Å². The molecule has 0 saturated heterocycles. The summed E-state index contributed by atoms with van der Waals surface area (Å²) in [6, 6.07) is 1.36. The molecule has 1 amide bonds. The lowest BCUT2D eigenvalue weighted by Crippen LogP contribution is -2.26. The topological polar surface area (TPSA) is 68.3 Å². The number of hydrogen-bond donors (Lipinski definition) is 1. The molecule has 0 atom stereocenters. The van der Waals surface area contributed by atoms with Crippen LogP contribution in [0.5, 0.6) is 0 Å². The van der Waals surface area contributed by atoms with Crippen LogP contribution < -0.4 is 5.48 Å². The Labute approximate surface area is 95.3 Å². The van der Waals surface area contributed by atoms with Crippen molar-refractivity contribution in [2.45, 2.75) is 6.92 Å². The maximum Gasteiger partial charge on any atom is 0.329 e. The van der Waals surface area contributed by atoms with Crippen molar-refractivity contribution in [3.8, 4) is 0 Å². The number of nitrogens with zero attached hydrogens (tertiary/aromatic N) is 1. The molecule has 15 heavy (non-hydrogen) atoms. The normalized spacial score (nSPS) is 9.53. The lowest BCUT2D eigenvalue weighted by atomic mass is 10.3. The minimum absolute atomic E-state index is 0.0673. The summed E-state index contributed by atoms with van der Waals surface area (Å²) in [5.74, 6) is -1.36. The second kappa shape index (κ2) is 4.95. The zero-order chi connectivity index (χ0) is 11.4. The van der Waals surface area contributed by atoms with E-state index in [2.05, 4.69) is 9.82 Å². The molecule has 1 N–H and O–H groups in total. The van der Waals surface area contributed by atoms with Crippen molar-refractivity contribution in [2.75, 3.05) is 0 Å². The third-order valence-corrected chi connectivity index (χ3v) is 1.81. The van der Waals surface area contributed by atoms with E-state index in [9.17, 15) is 9.59 Å². The van der Waals surface area contributed by atoms with Gasteiger partial charge in [0.1, 0.15) is 5.69 Å². The van der Waals surface area contributed by atoms with Crippen LogP contribution in [0.1, 0.15) is 17.4 Å². The second-order valence-electron chi connectivity index (χ2n) is 2.51. The molecule has 0 radical (unpaired) electrons. The van der Waals surface area contributed by atoms with Crippen molar-refractivity contribution in [1.82, 2.24) is 10.5 Å². The quantitative estimate of drug-likeness (QED) is 0.767. The van der Waals surface area contributed by atoms with E-state index in [0.717, 1.165) is 6.92 Å². The largest absolute Gasteiger partial charge is 0.341 e. The first kappa shape index (κ1) is 11.7. The maximum absolute atomic E-state index is 11.3. The van der Waals surface area contributed by atoms with E-state index >= 15 is 0 Å². The number of carbonyl (C=O) groups excluding carboxylic acids is 2. The molecule has 0 saturated carbocycles. The molecule has 1 aromatic rings. The molecule has 1 rings (SSSR count). The van der Waals surface area contributed by atoms with Gasteiger partial charge in [0.25, 0.3) is 0 Å². The summed E-state index contributed by atoms with van der Waals surface area (Å²) in [4.78, 5) is 29.7. The van der Waals surface area contributed by atoms with E-state index in [1.54, 1.807) is 0 Å². The fourth-order valence-electron chi connectivity index (χ4n) is 0.748. The Balaban J connectivity index is 2.78. The average Bonchev–Trinajstić information content (AvgIpc) is 2.14. The Hall–Kier alpha value is -1.33. The first-order valence-corrected chi connectivity index (χ1v) is 4.55. The Morgan fingerprint density at radius 1 is 1.47 bits per heavy atom. The number of hydrogen-bond acceptors (Lipinski definition) is 4. The van der Waals surface area contributed by atoms with Gasteiger partial charge in [-0.2, -0.15) is 5.48 Å². The smallest absolute Gasteiger partial charge is 0.329 e. The molecule has 0 spiro atoms. The zero-order valence-electron chi connectivity index (χ0n) is 7.58. The highest BCUT2D eigenvalue weighted by molar-refractivity contribution is 6.36. The first-order chi connectivity index (χ1) is 7.00. The molecule has 1 heterocycles. The van der Waals surface area contributed by atoms with E-state index in [0.29, 0.717) is 5.02 Å². The van der Waals surface area contributed by atoms with Crippen molar-refractivity contribution in [3.05, 3.63) is 28.0 Å². The number of carbonyl (C=O) groups is 2. The molecule has 0 aliphatic heterocycles. The highest BCUT2D eigenvalue weighted by Crippen LogP contribution is 2.18. The highest BCUT2D eigenvalue weighted by Gasteiger charge is 2.13. The van der Waals surface area contributed by atoms with Crippen LogP contribution in [0.15, 0.2) is 12.3 Å². The molecule has 5 nitrogen and oxygen atoms in total. The van der Waals surface area contributed by atoms with Gasteiger partial charge in [0.05, 0.1) is 10.0 Å². The highest BCUT2D eigenvalue weighted by atomic mass is 35.5. The summed E-state index contributed by atoms with van der Waals surface area (Å²) in [7, 11) is 0. The van der Waals surface area contributed by atoms with E-state index < -0.39 is 11.9 Å². The SMILES string of the molecule is CC(=O)ONC(=O)c1ncc(Cl)cc1Cl. The van der Waals surface area contributed by atoms with Crippen molar-refractivity contribution in [3.63, 3.8) is 0 Å². The lowest BCUT2D eigenvalue weighted by molar-refractivity contribution is -0.146. The molecule has 0 fully saturated rings. The Morgan fingerprint density at radius 2 is 2.13 bits per heavy atom. The first-order valence-electron chi connectivity index (χ1n) is 3.79. The predicted octanol–water partition coefficient (Wildman–Crippen LogP) is 1.60. The number of pyridine rings is 1. The minimum atomic E-state index is -0.716. The maximum atomic E-state index is 11.3. The number of amides is 1. The summed E-state index contributed by atoms with van der Waals surface area (Å²) in [6.45, 7) is 1.15. The van der Waals surface area contributed by atoms with E-state index in [1.165, 1.54) is 12.3 Å². The van der Waals surface area contributed by atoms with Crippen LogP contribution in [-0.2, 0) is 9.63 Å². The fraction of sp³-hybridized carbons (Fsp3) is 0.125. The fourth-order valence-corrected chi connectivity index (χ4v) is 1.21. The van der Waals surface area contributed by atoms with Gasteiger partial charge in [-0.15, -0.1) is 0 Å². The van der Waals surface area contributed by atoms with Crippen molar-refractivity contribution < 1.29 is 14.4 Å². The molecule has 0 bridgehead atoms. The van der Waals surface area contributed by atoms with E-state index in [1.807, 2.05) is 5.48 Å². The van der Waals surface area contributed by atoms with Gasteiger partial charge in [-0.3, -0.25) is 9.59 Å². The molecular weight excluding hydrogens is 243 g/mol. The van der Waals surface area contributed by atoms with Gasteiger partial charge in [0.2, 0.25) is 0 Å². The molecule has 0 aromatic carbocycles. The van der Waals surface area contributed by atoms with Crippen LogP contribution in [0.3, 0.4) is 0 Å². The molecule has 0 unspecified atom stereocenters. The van der Waals surface area contributed by atoms with Gasteiger partial charge in [0, 0.05) is 13.1 Å². The average molecular weight is 249 g/mol. The molecule has 0 aliphatic rings. The van der Waals surface area contributed by atoms with Gasteiger partial charge in [0.15, 0.2) is 0 Å². The summed E-state index contributed by atoms with van der Waals surface area (Å²) < 4.78 is 0. The number of rotatable bonds is 1. The van der Waals surface area contributed by atoms with E-state index in [-0.39, 0.29) is 10.7 Å². The van der Waals surface area contributed by atoms with Crippen molar-refractivity contribution in [1.29, 1.82) is 0 Å². The zero-order valence-corrected chi connectivity index (χ0v) is 9.09. The third-order valence-electron chi connectivity index (χ3n) is 1.31. The Kier molecular flexibility index (Phi) is 3.88. The predicted molar refractivity (Wildman–Crippen MR) is 53.5 cm³/mol. The Morgan fingerprint density at radius 3 is 2.67 bits per heavy atom. The number of nitrogens with one attached hydrogen (secondary N) is 1. The third kappa shape index (κ3) is 3.38. The van der Waals surface area contributed by atoms with Gasteiger partial charge in [-0.25, -0.2) is 4.98 Å². The minimum Gasteiger partial charge on any atom is -0.341 e. The molecule has 1 aromatic heterocycles. The van der Waals surface area contributed by atoms with E-state index in [4.69, 9.17) is 23.2 Å². The van der Waals surface area contributed by atoms with Crippen LogP contribution in [-0.4, -0.2) is 16.9 Å². The van der Waals surface area contributed by atoms with Crippen LogP contribution in [0.25, 0.3) is 0 Å². The van der Waals surface area contributed by atoms with Gasteiger partial charge in [-0.1, -0.05) is 23.2 Å². The Bertz CT molecular complexity index is 409. The lowest BCUT2D eigenvalue weighted by Gasteiger charge is -2.04. The second-order valence-corrected chi connectivity index (χ2v) is 3.35. The molecular formula is C8H6Cl2N2O3. The number of halogens is 2. The standard InChI is InChI=1S/C8H6Cl2N2O3/c1-4(13)15-12-8(14)7-6(10)2-5(9)3-11-7/h2-3H,1H3,(H,12,14). The number of aromatic nitrogens is 1. The van der Waals surface area contributed by atoms with Crippen molar-refractivity contribution in [2.24, 2.45) is 0 Å². The van der Waals surface area contributed by atoms with Crippen molar-refractivity contribution >= 4 is 35.1 Å².